The van der Waals surface area contributed by atoms with Gasteiger partial charge in [0.05, 0.1) is 18.4 Å². The van der Waals surface area contributed by atoms with Crippen LogP contribution in [0.15, 0.2) is 12.1 Å². The van der Waals surface area contributed by atoms with E-state index in [1.807, 2.05) is 11.9 Å². The normalized spacial score (nSPS) is 17.7. The van der Waals surface area contributed by atoms with E-state index in [1.54, 1.807) is 19.2 Å². The third kappa shape index (κ3) is 2.67. The molecular weight excluding hydrogens is 230 g/mol. The predicted molar refractivity (Wildman–Crippen MR) is 71.9 cm³/mol. The predicted octanol–water partition coefficient (Wildman–Crippen LogP) is 1.41. The number of anilines is 2. The Labute approximate surface area is 108 Å². The molecule has 0 aliphatic heterocycles. The standard InChI is InChI=1S/C13H21N3O2/c1-16(9-13(17)7-3-4-8-13)12-10(14)5-6-11(15-12)18-2/h5-6,17H,3-4,7-9,14H2,1-2H3. The lowest BCUT2D eigenvalue weighted by molar-refractivity contribution is 0.0558. The first-order chi connectivity index (χ1) is 8.54. The first-order valence-electron chi connectivity index (χ1n) is 6.28. The van der Waals surface area contributed by atoms with Crippen LogP contribution >= 0.6 is 0 Å². The van der Waals surface area contributed by atoms with E-state index in [9.17, 15) is 5.11 Å². The maximum Gasteiger partial charge on any atom is 0.215 e. The zero-order chi connectivity index (χ0) is 13.2. The van der Waals surface area contributed by atoms with Crippen molar-refractivity contribution in [2.45, 2.75) is 31.3 Å². The van der Waals surface area contributed by atoms with E-state index in [1.165, 1.54) is 0 Å². The number of nitrogen functional groups attached to an aromatic ring is 1. The van der Waals surface area contributed by atoms with E-state index in [-0.39, 0.29) is 0 Å². The summed E-state index contributed by atoms with van der Waals surface area (Å²) in [5.41, 5.74) is 5.91. The molecule has 0 atom stereocenters. The Morgan fingerprint density at radius 3 is 2.72 bits per heavy atom. The van der Waals surface area contributed by atoms with Crippen molar-refractivity contribution in [3.8, 4) is 5.88 Å². The fourth-order valence-electron chi connectivity index (χ4n) is 2.57. The lowest BCUT2D eigenvalue weighted by Gasteiger charge is -2.30. The number of hydrogen-bond donors (Lipinski definition) is 2. The maximum atomic E-state index is 10.4. The molecule has 100 valence electrons. The molecule has 0 unspecified atom stereocenters. The highest BCUT2D eigenvalue weighted by Gasteiger charge is 2.32. The number of likely N-dealkylation sites (N-methyl/N-ethyl adjacent to an activating group) is 1. The molecule has 5 nitrogen and oxygen atoms in total. The molecule has 1 heterocycles. The highest BCUT2D eigenvalue weighted by molar-refractivity contribution is 5.63. The van der Waals surface area contributed by atoms with Crippen LogP contribution in [0.2, 0.25) is 0 Å². The average Bonchev–Trinajstić information content (AvgIpc) is 2.76. The number of rotatable bonds is 4. The Morgan fingerprint density at radius 2 is 2.11 bits per heavy atom. The van der Waals surface area contributed by atoms with Crippen LogP contribution in [0.4, 0.5) is 11.5 Å². The largest absolute Gasteiger partial charge is 0.481 e. The second kappa shape index (κ2) is 5.02. The molecule has 1 aromatic heterocycles. The molecule has 0 amide bonds. The minimum atomic E-state index is -0.605. The number of hydrogen-bond acceptors (Lipinski definition) is 5. The number of aliphatic hydroxyl groups is 1. The summed E-state index contributed by atoms with van der Waals surface area (Å²) in [5, 5.41) is 10.4. The topological polar surface area (TPSA) is 71.6 Å². The molecule has 1 fully saturated rings. The summed E-state index contributed by atoms with van der Waals surface area (Å²) in [6, 6.07) is 3.51. The second-order valence-electron chi connectivity index (χ2n) is 5.05. The summed E-state index contributed by atoms with van der Waals surface area (Å²) in [4.78, 5) is 6.24. The van der Waals surface area contributed by atoms with Gasteiger partial charge in [-0.3, -0.25) is 0 Å². The smallest absolute Gasteiger partial charge is 0.215 e. The van der Waals surface area contributed by atoms with E-state index in [4.69, 9.17) is 10.5 Å². The molecule has 0 saturated heterocycles. The van der Waals surface area contributed by atoms with E-state index in [0.29, 0.717) is 23.9 Å². The number of ether oxygens (including phenoxy) is 1. The molecule has 0 spiro atoms. The van der Waals surface area contributed by atoms with Crippen LogP contribution in [-0.2, 0) is 0 Å². The summed E-state index contributed by atoms with van der Waals surface area (Å²) < 4.78 is 5.10. The summed E-state index contributed by atoms with van der Waals surface area (Å²) in [6.45, 7) is 0.553. The van der Waals surface area contributed by atoms with Gasteiger partial charge < -0.3 is 20.5 Å². The van der Waals surface area contributed by atoms with Gasteiger partial charge in [-0.25, -0.2) is 0 Å². The average molecular weight is 251 g/mol. The van der Waals surface area contributed by atoms with Crippen molar-refractivity contribution in [2.75, 3.05) is 31.3 Å². The fourth-order valence-corrected chi connectivity index (χ4v) is 2.57. The van der Waals surface area contributed by atoms with Crippen molar-refractivity contribution in [2.24, 2.45) is 0 Å². The molecule has 5 heteroatoms. The van der Waals surface area contributed by atoms with Crippen LogP contribution in [-0.4, -0.2) is 36.4 Å². The van der Waals surface area contributed by atoms with Crippen LogP contribution in [0.1, 0.15) is 25.7 Å². The Hall–Kier alpha value is -1.49. The number of nitrogens with zero attached hydrogens (tertiary/aromatic N) is 2. The van der Waals surface area contributed by atoms with Gasteiger partial charge in [-0.05, 0) is 18.9 Å². The first-order valence-corrected chi connectivity index (χ1v) is 6.28. The van der Waals surface area contributed by atoms with Gasteiger partial charge in [0, 0.05) is 19.7 Å². The van der Waals surface area contributed by atoms with Crippen molar-refractivity contribution in [3.05, 3.63) is 12.1 Å². The van der Waals surface area contributed by atoms with Crippen molar-refractivity contribution in [1.82, 2.24) is 4.98 Å². The summed E-state index contributed by atoms with van der Waals surface area (Å²) in [7, 11) is 3.47. The van der Waals surface area contributed by atoms with E-state index >= 15 is 0 Å². The molecule has 1 aliphatic rings. The third-order valence-corrected chi connectivity index (χ3v) is 3.52. The lowest BCUT2D eigenvalue weighted by Crippen LogP contribution is -2.39. The van der Waals surface area contributed by atoms with Crippen LogP contribution in [0.5, 0.6) is 5.88 Å². The van der Waals surface area contributed by atoms with E-state index in [0.717, 1.165) is 25.7 Å². The minimum Gasteiger partial charge on any atom is -0.481 e. The highest BCUT2D eigenvalue weighted by atomic mass is 16.5. The molecule has 2 rings (SSSR count). The van der Waals surface area contributed by atoms with Gasteiger partial charge in [-0.2, -0.15) is 4.98 Å². The molecule has 1 aliphatic carbocycles. The number of aromatic nitrogens is 1. The summed E-state index contributed by atoms with van der Waals surface area (Å²) >= 11 is 0. The fraction of sp³-hybridized carbons (Fsp3) is 0.615. The lowest BCUT2D eigenvalue weighted by atomic mass is 10.0. The quantitative estimate of drug-likeness (QED) is 0.846. The first kappa shape index (κ1) is 13.0. The van der Waals surface area contributed by atoms with E-state index in [2.05, 4.69) is 4.98 Å². The maximum absolute atomic E-state index is 10.4. The summed E-state index contributed by atoms with van der Waals surface area (Å²) in [6.07, 6.45) is 3.87. The van der Waals surface area contributed by atoms with Crippen LogP contribution in [0, 0.1) is 0 Å². The monoisotopic (exact) mass is 251 g/mol. The van der Waals surface area contributed by atoms with Crippen LogP contribution in [0.3, 0.4) is 0 Å². The molecule has 0 aromatic carbocycles. The van der Waals surface area contributed by atoms with Crippen molar-refractivity contribution in [3.63, 3.8) is 0 Å². The Bertz CT molecular complexity index is 417. The van der Waals surface area contributed by atoms with Crippen LogP contribution in [0.25, 0.3) is 0 Å². The van der Waals surface area contributed by atoms with Crippen molar-refractivity contribution in [1.29, 1.82) is 0 Å². The number of pyridine rings is 1. The van der Waals surface area contributed by atoms with Crippen molar-refractivity contribution < 1.29 is 9.84 Å². The van der Waals surface area contributed by atoms with Gasteiger partial charge in [0.1, 0.15) is 0 Å². The zero-order valence-corrected chi connectivity index (χ0v) is 11.0. The Morgan fingerprint density at radius 1 is 1.44 bits per heavy atom. The van der Waals surface area contributed by atoms with Gasteiger partial charge in [0.2, 0.25) is 5.88 Å². The third-order valence-electron chi connectivity index (χ3n) is 3.52. The number of methoxy groups -OCH3 is 1. The summed E-state index contributed by atoms with van der Waals surface area (Å²) in [5.74, 6) is 1.19. The molecular formula is C13H21N3O2. The second-order valence-corrected chi connectivity index (χ2v) is 5.05. The van der Waals surface area contributed by atoms with Gasteiger partial charge in [0.25, 0.3) is 0 Å². The SMILES string of the molecule is COc1ccc(N)c(N(C)CC2(O)CCCC2)n1. The van der Waals surface area contributed by atoms with Crippen molar-refractivity contribution >= 4 is 11.5 Å². The molecule has 18 heavy (non-hydrogen) atoms. The van der Waals surface area contributed by atoms with Gasteiger partial charge in [0.15, 0.2) is 5.82 Å². The van der Waals surface area contributed by atoms with E-state index < -0.39 is 5.60 Å². The molecule has 1 aromatic rings. The molecule has 3 N–H and O–H groups in total. The Balaban J connectivity index is 2.14. The zero-order valence-electron chi connectivity index (χ0n) is 11.0. The van der Waals surface area contributed by atoms with Gasteiger partial charge in [-0.15, -0.1) is 0 Å². The highest BCUT2D eigenvalue weighted by Crippen LogP contribution is 2.32. The Kier molecular flexibility index (Phi) is 3.61. The number of nitrogens with two attached hydrogens (primary N) is 1. The molecule has 0 radical (unpaired) electrons. The van der Waals surface area contributed by atoms with Gasteiger partial charge in [-0.1, -0.05) is 12.8 Å². The molecule has 0 bridgehead atoms. The van der Waals surface area contributed by atoms with Gasteiger partial charge >= 0.3 is 0 Å². The minimum absolute atomic E-state index is 0.532. The molecule has 1 saturated carbocycles. The van der Waals surface area contributed by atoms with Crippen LogP contribution < -0.4 is 15.4 Å².